The molecule has 0 saturated carbocycles. The molecule has 0 aromatic heterocycles. The van der Waals surface area contributed by atoms with Crippen molar-refractivity contribution >= 4 is 11.7 Å². The molecule has 23 heavy (non-hydrogen) atoms. The fourth-order valence-corrected chi connectivity index (χ4v) is 2.82. The van der Waals surface area contributed by atoms with E-state index in [-0.39, 0.29) is 11.5 Å². The zero-order valence-electron chi connectivity index (χ0n) is 13.2. The molecule has 1 aliphatic heterocycles. The summed E-state index contributed by atoms with van der Waals surface area (Å²) in [5.74, 6) is -1.70. The van der Waals surface area contributed by atoms with Gasteiger partial charge in [-0.25, -0.2) is 8.78 Å². The summed E-state index contributed by atoms with van der Waals surface area (Å²) in [6, 6.07) is 2.70. The van der Waals surface area contributed by atoms with Gasteiger partial charge in [0.25, 0.3) is 6.36 Å². The summed E-state index contributed by atoms with van der Waals surface area (Å²) >= 11 is 0. The lowest BCUT2D eigenvalue weighted by Gasteiger charge is -2.18. The van der Waals surface area contributed by atoms with Gasteiger partial charge in [-0.3, -0.25) is 9.59 Å². The van der Waals surface area contributed by atoms with E-state index in [9.17, 15) is 22.8 Å². The van der Waals surface area contributed by atoms with Gasteiger partial charge in [0, 0.05) is 0 Å². The van der Waals surface area contributed by atoms with Crippen molar-refractivity contribution in [2.24, 2.45) is 0 Å². The van der Waals surface area contributed by atoms with Crippen molar-refractivity contribution in [3.05, 3.63) is 28.8 Å². The maximum Gasteiger partial charge on any atom is 0.304 e. The molecule has 1 fully saturated rings. The summed E-state index contributed by atoms with van der Waals surface area (Å²) < 4.78 is 42.0. The van der Waals surface area contributed by atoms with Crippen molar-refractivity contribution in [1.29, 1.82) is 0 Å². The number of carbonyl (C=O) groups excluding carboxylic acids is 2. The zero-order chi connectivity index (χ0) is 17.5. The average molecular weight is 329 g/mol. The highest BCUT2D eigenvalue weighted by Crippen LogP contribution is 2.35. The first-order chi connectivity index (χ1) is 10.5. The second-order valence-electron chi connectivity index (χ2n) is 6.19. The third kappa shape index (κ3) is 3.18. The van der Waals surface area contributed by atoms with Gasteiger partial charge in [0.1, 0.15) is 11.7 Å². The average Bonchev–Trinajstić information content (AvgIpc) is 2.59. The molecule has 1 saturated heterocycles. The number of aryl methyl sites for hydroxylation is 2. The van der Waals surface area contributed by atoms with E-state index in [4.69, 9.17) is 0 Å². The Balaban J connectivity index is 2.39. The molecule has 126 valence electrons. The molecule has 0 spiro atoms. The number of Topliss-reactive ketones (excluding diaryl/α,β-unsaturated/α-hetero) is 1. The third-order valence-corrected chi connectivity index (χ3v) is 3.88. The molecular weight excluding hydrogens is 311 g/mol. The molecule has 1 aliphatic rings. The Morgan fingerprint density at radius 2 is 1.65 bits per heavy atom. The molecule has 1 aromatic carbocycles. The molecule has 0 bridgehead atoms. The van der Waals surface area contributed by atoms with Gasteiger partial charge in [-0.15, -0.1) is 0 Å². The van der Waals surface area contributed by atoms with Crippen LogP contribution in [0.1, 0.15) is 36.5 Å². The highest BCUT2D eigenvalue weighted by Gasteiger charge is 2.48. The van der Waals surface area contributed by atoms with Crippen LogP contribution in [0.25, 0.3) is 0 Å². The second-order valence-corrected chi connectivity index (χ2v) is 6.19. The molecule has 2 unspecified atom stereocenters. The largest absolute Gasteiger partial charge is 0.454 e. The minimum atomic E-state index is -3.25. The Labute approximate surface area is 132 Å². The molecule has 7 heteroatoms. The topological polar surface area (TPSA) is 55.4 Å². The van der Waals surface area contributed by atoms with Crippen molar-refractivity contribution in [2.45, 2.75) is 51.9 Å². The van der Waals surface area contributed by atoms with Gasteiger partial charge in [-0.05, 0) is 56.5 Å². The first kappa shape index (κ1) is 17.3. The number of ether oxygens (including phenoxy) is 1. The zero-order valence-corrected chi connectivity index (χ0v) is 13.2. The molecule has 0 aliphatic carbocycles. The van der Waals surface area contributed by atoms with Gasteiger partial charge in [-0.2, -0.15) is 4.39 Å². The van der Waals surface area contributed by atoms with Crippen LogP contribution in [0, 0.1) is 13.8 Å². The summed E-state index contributed by atoms with van der Waals surface area (Å²) in [4.78, 5) is 24.6. The molecule has 1 amide bonds. The lowest BCUT2D eigenvalue weighted by Crippen LogP contribution is -2.39. The van der Waals surface area contributed by atoms with E-state index in [2.05, 4.69) is 10.1 Å². The van der Waals surface area contributed by atoms with Crippen LogP contribution in [0.15, 0.2) is 12.1 Å². The van der Waals surface area contributed by atoms with Gasteiger partial charge in [0.05, 0.1) is 5.54 Å². The lowest BCUT2D eigenvalue weighted by atomic mass is 9.84. The molecule has 1 aromatic rings. The summed E-state index contributed by atoms with van der Waals surface area (Å²) in [6.45, 7) is 6.48. The summed E-state index contributed by atoms with van der Waals surface area (Å²) in [7, 11) is 0. The summed E-state index contributed by atoms with van der Waals surface area (Å²) in [5, 5.41) is 2.63. The number of hydrogen-bond acceptors (Lipinski definition) is 3. The van der Waals surface area contributed by atoms with E-state index >= 15 is 0 Å². The molecule has 1 heterocycles. The highest BCUT2D eigenvalue weighted by atomic mass is 19.3. The van der Waals surface area contributed by atoms with Crippen molar-refractivity contribution in [2.75, 3.05) is 0 Å². The monoisotopic (exact) mass is 329 g/mol. The van der Waals surface area contributed by atoms with E-state index in [1.807, 2.05) is 0 Å². The number of halogens is 3. The highest BCUT2D eigenvalue weighted by molar-refractivity contribution is 6.17. The molecule has 4 nitrogen and oxygen atoms in total. The van der Waals surface area contributed by atoms with Crippen LogP contribution < -0.4 is 10.1 Å². The van der Waals surface area contributed by atoms with Crippen molar-refractivity contribution in [3.63, 3.8) is 0 Å². The maximum atomic E-state index is 13.0. The lowest BCUT2D eigenvalue weighted by molar-refractivity contribution is -0.125. The Bertz CT molecular complexity index is 635. The van der Waals surface area contributed by atoms with E-state index in [1.165, 1.54) is 12.1 Å². The molecule has 1 N–H and O–H groups in total. The molecule has 0 radical (unpaired) electrons. The van der Waals surface area contributed by atoms with Gasteiger partial charge in [0.2, 0.25) is 5.91 Å². The van der Waals surface area contributed by atoms with Crippen LogP contribution in [0.2, 0.25) is 0 Å². The number of alkyl halides is 3. The Kier molecular flexibility index (Phi) is 4.41. The van der Waals surface area contributed by atoms with Crippen LogP contribution in [0.4, 0.5) is 13.2 Å². The summed E-state index contributed by atoms with van der Waals surface area (Å²) in [5.41, 5.74) is 0.549. The van der Waals surface area contributed by atoms with Crippen LogP contribution in [0.5, 0.6) is 5.75 Å². The van der Waals surface area contributed by atoms with Gasteiger partial charge < -0.3 is 10.1 Å². The van der Waals surface area contributed by atoms with E-state index in [1.54, 1.807) is 27.7 Å². The SMILES string of the molecule is Cc1cc(OC(F)C(F)F)cc(C)c1C1C(=O)NC(C)(C)C1=O. The molecular formula is C16H18F3NO3. The maximum absolute atomic E-state index is 13.0. The van der Waals surface area contributed by atoms with E-state index in [0.717, 1.165) is 0 Å². The molecule has 2 atom stereocenters. The fourth-order valence-electron chi connectivity index (χ4n) is 2.82. The Morgan fingerprint density at radius 3 is 2.04 bits per heavy atom. The first-order valence-electron chi connectivity index (χ1n) is 7.11. The number of amides is 1. The normalized spacial score (nSPS) is 21.5. The van der Waals surface area contributed by atoms with Crippen molar-refractivity contribution in [3.8, 4) is 5.75 Å². The number of ketones is 1. The number of carbonyl (C=O) groups is 2. The third-order valence-electron chi connectivity index (χ3n) is 3.88. The number of rotatable bonds is 4. The number of hydrogen-bond donors (Lipinski definition) is 1. The van der Waals surface area contributed by atoms with E-state index in [0.29, 0.717) is 16.7 Å². The smallest absolute Gasteiger partial charge is 0.304 e. The Morgan fingerprint density at radius 1 is 1.13 bits per heavy atom. The van der Waals surface area contributed by atoms with Gasteiger partial charge >= 0.3 is 6.43 Å². The minimum Gasteiger partial charge on any atom is -0.454 e. The van der Waals surface area contributed by atoms with Crippen molar-refractivity contribution < 1.29 is 27.5 Å². The van der Waals surface area contributed by atoms with Crippen molar-refractivity contribution in [1.82, 2.24) is 5.32 Å². The minimum absolute atomic E-state index is 0.0679. The number of benzene rings is 1. The predicted octanol–water partition coefficient (Wildman–Crippen LogP) is 2.80. The number of nitrogens with one attached hydrogen (secondary N) is 1. The van der Waals surface area contributed by atoms with Gasteiger partial charge in [-0.1, -0.05) is 0 Å². The van der Waals surface area contributed by atoms with E-state index < -0.39 is 30.1 Å². The van der Waals surface area contributed by atoms with Crippen LogP contribution in [0.3, 0.4) is 0 Å². The second kappa shape index (κ2) is 5.86. The quantitative estimate of drug-likeness (QED) is 0.864. The first-order valence-corrected chi connectivity index (χ1v) is 7.11. The molecule has 2 rings (SSSR count). The van der Waals surface area contributed by atoms with Crippen LogP contribution in [-0.2, 0) is 9.59 Å². The Hall–Kier alpha value is -2.05. The van der Waals surface area contributed by atoms with Crippen LogP contribution >= 0.6 is 0 Å². The summed E-state index contributed by atoms with van der Waals surface area (Å²) in [6.07, 6.45) is -5.98. The standard InChI is InChI=1S/C16H18F3NO3/c1-7-5-9(23-14(19)13(17)18)6-8(2)10(7)11-12(21)16(3,4)20-15(11)22/h5-6,11,13-14H,1-4H3,(H,20,22). The predicted molar refractivity (Wildman–Crippen MR) is 77.4 cm³/mol. The fraction of sp³-hybridized carbons (Fsp3) is 0.500. The van der Waals surface area contributed by atoms with Gasteiger partial charge in [0.15, 0.2) is 5.78 Å². The van der Waals surface area contributed by atoms with Crippen LogP contribution in [-0.4, -0.2) is 30.0 Å².